The number of methoxy groups -OCH3 is 1. The maximum absolute atomic E-state index is 13.8. The lowest BCUT2D eigenvalue weighted by Crippen LogP contribution is -2.43. The number of aromatic nitrogens is 1. The van der Waals surface area contributed by atoms with Gasteiger partial charge in [0.25, 0.3) is 5.56 Å². The number of ether oxygens (including phenoxy) is 2. The highest BCUT2D eigenvalue weighted by atomic mass is 16.5. The topological polar surface area (TPSA) is 93.0 Å². The van der Waals surface area contributed by atoms with Gasteiger partial charge in [-0.1, -0.05) is 18.2 Å². The van der Waals surface area contributed by atoms with Crippen molar-refractivity contribution in [2.75, 3.05) is 33.4 Å². The molecule has 210 valence electrons. The summed E-state index contributed by atoms with van der Waals surface area (Å²) in [6, 6.07) is 15.0. The van der Waals surface area contributed by atoms with Crippen molar-refractivity contribution in [3.05, 3.63) is 58.9 Å². The van der Waals surface area contributed by atoms with Crippen molar-refractivity contribution in [2.45, 2.75) is 64.6 Å². The van der Waals surface area contributed by atoms with Crippen LogP contribution < -0.4 is 20.3 Å². The Bertz CT molecular complexity index is 1360. The van der Waals surface area contributed by atoms with Crippen LogP contribution in [-0.2, 0) is 11.3 Å². The molecule has 2 N–H and O–H groups in total. The maximum Gasteiger partial charge on any atom is 0.259 e. The quantitative estimate of drug-likeness (QED) is 0.399. The Morgan fingerprint density at radius 3 is 2.51 bits per heavy atom. The smallest absolute Gasteiger partial charge is 0.259 e. The van der Waals surface area contributed by atoms with E-state index >= 15 is 0 Å². The average Bonchev–Trinajstić information content (AvgIpc) is 2.88. The van der Waals surface area contributed by atoms with Gasteiger partial charge in [0.2, 0.25) is 5.91 Å². The predicted molar refractivity (Wildman–Crippen MR) is 155 cm³/mol. The van der Waals surface area contributed by atoms with Crippen molar-refractivity contribution >= 4 is 16.7 Å². The Labute approximate surface area is 230 Å². The summed E-state index contributed by atoms with van der Waals surface area (Å²) in [5.41, 5.74) is 0.215. The summed E-state index contributed by atoms with van der Waals surface area (Å²) in [4.78, 5) is 29.0. The second-order valence-corrected chi connectivity index (χ2v) is 11.7. The summed E-state index contributed by atoms with van der Waals surface area (Å²) >= 11 is 0. The molecule has 1 saturated heterocycles. The molecular formula is C31H41N3O5. The number of pyridine rings is 1. The van der Waals surface area contributed by atoms with Crippen molar-refractivity contribution in [1.29, 1.82) is 0 Å². The number of piperidine rings is 1. The van der Waals surface area contributed by atoms with E-state index < -0.39 is 11.1 Å². The molecule has 2 heterocycles. The normalized spacial score (nSPS) is 15.7. The number of likely N-dealkylation sites (tertiary alicyclic amines) is 1. The number of carbonyl (C=O) groups excluding carboxylic acids is 1. The van der Waals surface area contributed by atoms with Crippen LogP contribution in [0.2, 0.25) is 0 Å². The average molecular weight is 536 g/mol. The number of nitrogens with zero attached hydrogens (tertiary/aromatic N) is 2. The van der Waals surface area contributed by atoms with Gasteiger partial charge in [0.1, 0.15) is 18.0 Å². The largest absolute Gasteiger partial charge is 0.497 e. The lowest BCUT2D eigenvalue weighted by Gasteiger charge is -2.35. The van der Waals surface area contributed by atoms with Crippen LogP contribution in [0.1, 0.15) is 47.0 Å². The highest BCUT2D eigenvalue weighted by Gasteiger charge is 2.26. The Morgan fingerprint density at radius 2 is 1.82 bits per heavy atom. The van der Waals surface area contributed by atoms with Gasteiger partial charge in [-0.2, -0.15) is 0 Å². The van der Waals surface area contributed by atoms with Crippen LogP contribution in [0.3, 0.4) is 0 Å². The van der Waals surface area contributed by atoms with Crippen LogP contribution >= 0.6 is 0 Å². The van der Waals surface area contributed by atoms with Crippen molar-refractivity contribution in [2.24, 2.45) is 0 Å². The Kier molecular flexibility index (Phi) is 8.67. The second-order valence-electron chi connectivity index (χ2n) is 11.7. The van der Waals surface area contributed by atoms with Crippen LogP contribution in [0.4, 0.5) is 0 Å². The minimum absolute atomic E-state index is 0.105. The summed E-state index contributed by atoms with van der Waals surface area (Å²) in [6.07, 6.45) is 2.43. The van der Waals surface area contributed by atoms with Crippen molar-refractivity contribution in [3.8, 4) is 22.8 Å². The zero-order chi connectivity index (χ0) is 28.2. The fraction of sp³-hybridized carbons (Fsp3) is 0.484. The molecule has 0 spiro atoms. The standard InChI is InChI=1S/C31H41N3O5/c1-30(2,3)32-28(35)21-34-27(23-8-6-9-24(18-23)38-5)19-22-10-11-25(20-26(22)29(34)36)39-17-7-14-33-15-12-31(4,37)13-16-33/h6,8-11,18-20,37H,7,12-17,21H2,1-5H3,(H,32,35). The van der Waals surface area contributed by atoms with Gasteiger partial charge < -0.3 is 24.8 Å². The molecule has 1 aliphatic rings. The summed E-state index contributed by atoms with van der Waals surface area (Å²) in [5, 5.41) is 14.4. The summed E-state index contributed by atoms with van der Waals surface area (Å²) < 4.78 is 12.9. The molecule has 0 unspecified atom stereocenters. The van der Waals surface area contributed by atoms with E-state index in [9.17, 15) is 14.7 Å². The first-order valence-electron chi connectivity index (χ1n) is 13.6. The number of amides is 1. The molecule has 4 rings (SSSR count). The Balaban J connectivity index is 1.57. The van der Waals surface area contributed by atoms with Crippen molar-refractivity contribution in [1.82, 2.24) is 14.8 Å². The van der Waals surface area contributed by atoms with Crippen LogP contribution in [0.25, 0.3) is 22.0 Å². The van der Waals surface area contributed by atoms with E-state index in [1.165, 1.54) is 4.57 Å². The molecule has 0 saturated carbocycles. The number of rotatable bonds is 9. The van der Waals surface area contributed by atoms with Gasteiger partial charge >= 0.3 is 0 Å². The lowest BCUT2D eigenvalue weighted by atomic mass is 9.94. The van der Waals surface area contributed by atoms with E-state index in [1.807, 2.05) is 70.2 Å². The van der Waals surface area contributed by atoms with E-state index in [0.717, 1.165) is 49.8 Å². The van der Waals surface area contributed by atoms with Crippen LogP contribution in [0.15, 0.2) is 53.3 Å². The van der Waals surface area contributed by atoms with Gasteiger partial charge in [0.15, 0.2) is 0 Å². The van der Waals surface area contributed by atoms with Gasteiger partial charge in [-0.15, -0.1) is 0 Å². The van der Waals surface area contributed by atoms with Crippen molar-refractivity contribution < 1.29 is 19.4 Å². The first-order valence-corrected chi connectivity index (χ1v) is 13.6. The number of aliphatic hydroxyl groups is 1. The van der Waals surface area contributed by atoms with Crippen molar-refractivity contribution in [3.63, 3.8) is 0 Å². The first-order chi connectivity index (χ1) is 18.4. The van der Waals surface area contributed by atoms with Crippen LogP contribution in [0, 0.1) is 0 Å². The number of nitrogens with one attached hydrogen (secondary N) is 1. The predicted octanol–water partition coefficient (Wildman–Crippen LogP) is 4.21. The lowest BCUT2D eigenvalue weighted by molar-refractivity contribution is -0.123. The highest BCUT2D eigenvalue weighted by molar-refractivity contribution is 5.87. The number of fused-ring (bicyclic) bond motifs is 1. The summed E-state index contributed by atoms with van der Waals surface area (Å²) in [7, 11) is 1.60. The molecule has 1 amide bonds. The number of hydrogen-bond donors (Lipinski definition) is 2. The van der Waals surface area contributed by atoms with E-state index in [2.05, 4.69) is 10.2 Å². The number of carbonyl (C=O) groups is 1. The fourth-order valence-electron chi connectivity index (χ4n) is 4.93. The molecule has 0 bridgehead atoms. The van der Waals surface area contributed by atoms with E-state index in [1.54, 1.807) is 13.2 Å². The third-order valence-corrected chi connectivity index (χ3v) is 7.09. The van der Waals surface area contributed by atoms with Crippen LogP contribution in [0.5, 0.6) is 11.5 Å². The monoisotopic (exact) mass is 535 g/mol. The molecule has 0 atom stereocenters. The molecule has 8 nitrogen and oxygen atoms in total. The second kappa shape index (κ2) is 11.8. The van der Waals surface area contributed by atoms with Gasteiger partial charge in [0, 0.05) is 30.7 Å². The fourth-order valence-corrected chi connectivity index (χ4v) is 4.93. The molecule has 1 aliphatic heterocycles. The van der Waals surface area contributed by atoms with Gasteiger partial charge in [-0.25, -0.2) is 0 Å². The van der Waals surface area contributed by atoms with Gasteiger partial charge in [-0.05, 0) is 82.7 Å². The number of benzene rings is 2. The van der Waals surface area contributed by atoms with Gasteiger partial charge in [0.05, 0.1) is 30.4 Å². The molecule has 1 aromatic heterocycles. The van der Waals surface area contributed by atoms with E-state index in [4.69, 9.17) is 9.47 Å². The zero-order valence-electron chi connectivity index (χ0n) is 23.8. The van der Waals surface area contributed by atoms with Gasteiger partial charge in [-0.3, -0.25) is 14.2 Å². The molecule has 39 heavy (non-hydrogen) atoms. The summed E-state index contributed by atoms with van der Waals surface area (Å²) in [6.45, 7) is 10.7. The SMILES string of the molecule is COc1cccc(-c2cc3ccc(OCCCN4CCC(C)(O)CC4)cc3c(=O)n2CC(=O)NC(C)(C)C)c1. The van der Waals surface area contributed by atoms with E-state index in [-0.39, 0.29) is 18.0 Å². The highest BCUT2D eigenvalue weighted by Crippen LogP contribution is 2.28. The van der Waals surface area contributed by atoms with Crippen LogP contribution in [-0.4, -0.2) is 65.0 Å². The first kappa shape index (κ1) is 28.6. The molecule has 0 radical (unpaired) electrons. The molecule has 3 aromatic rings. The number of hydrogen-bond acceptors (Lipinski definition) is 6. The minimum Gasteiger partial charge on any atom is -0.497 e. The third kappa shape index (κ3) is 7.61. The minimum atomic E-state index is -0.551. The zero-order valence-corrected chi connectivity index (χ0v) is 23.8. The maximum atomic E-state index is 13.8. The Morgan fingerprint density at radius 1 is 1.08 bits per heavy atom. The summed E-state index contributed by atoms with van der Waals surface area (Å²) in [5.74, 6) is 1.06. The Hall–Kier alpha value is -3.36. The molecule has 2 aromatic carbocycles. The molecular weight excluding hydrogens is 494 g/mol. The third-order valence-electron chi connectivity index (χ3n) is 7.09. The van der Waals surface area contributed by atoms with E-state index in [0.29, 0.717) is 29.2 Å². The molecule has 0 aliphatic carbocycles. The molecule has 1 fully saturated rings. The molecule has 8 heteroatoms.